The molecule has 1 aliphatic heterocycles. The Kier molecular flexibility index (Phi) is 4.04. The Morgan fingerprint density at radius 1 is 1.47 bits per heavy atom. The Balaban J connectivity index is 2.27. The summed E-state index contributed by atoms with van der Waals surface area (Å²) in [5.74, 6) is 0.653. The second-order valence-electron chi connectivity index (χ2n) is 3.15. The highest BCUT2D eigenvalue weighted by atomic mass is 127. The minimum absolute atomic E-state index is 0.653. The molecule has 1 saturated heterocycles. The third-order valence-electron chi connectivity index (χ3n) is 2.22. The lowest BCUT2D eigenvalue weighted by molar-refractivity contribution is 0.122. The lowest BCUT2D eigenvalue weighted by atomic mass is 10.3. The predicted molar refractivity (Wildman–Crippen MR) is 69.6 cm³/mol. The Labute approximate surface area is 111 Å². The van der Waals surface area contributed by atoms with Crippen molar-refractivity contribution in [1.29, 1.82) is 0 Å². The number of aromatic nitrogens is 1. The van der Waals surface area contributed by atoms with Crippen LogP contribution in [0.1, 0.15) is 0 Å². The Morgan fingerprint density at radius 3 is 2.87 bits per heavy atom. The van der Waals surface area contributed by atoms with Gasteiger partial charge in [-0.3, -0.25) is 0 Å². The molecule has 15 heavy (non-hydrogen) atoms. The van der Waals surface area contributed by atoms with E-state index in [-0.39, 0.29) is 0 Å². The van der Waals surface area contributed by atoms with Gasteiger partial charge in [0.15, 0.2) is 23.0 Å². The highest BCUT2D eigenvalue weighted by molar-refractivity contribution is 14.1. The standard InChI is InChI=1S/C9H10BrIN2O2/c10-7-5-8(9(15-11)12-6-7)13-1-3-14-4-2-13/h5-6H,1-4H2. The maximum absolute atomic E-state index is 5.31. The minimum Gasteiger partial charge on any atom is -0.406 e. The number of nitrogens with zero attached hydrogens (tertiary/aromatic N) is 2. The molecule has 0 spiro atoms. The van der Waals surface area contributed by atoms with Gasteiger partial charge >= 0.3 is 0 Å². The van der Waals surface area contributed by atoms with Gasteiger partial charge in [-0.05, 0) is 22.0 Å². The summed E-state index contributed by atoms with van der Waals surface area (Å²) in [6.07, 6.45) is 1.73. The van der Waals surface area contributed by atoms with Crippen molar-refractivity contribution in [2.45, 2.75) is 0 Å². The lowest BCUT2D eigenvalue weighted by Gasteiger charge is -2.29. The molecule has 0 radical (unpaired) electrons. The molecule has 1 aliphatic rings. The summed E-state index contributed by atoms with van der Waals surface area (Å²) in [5.41, 5.74) is 1.02. The number of rotatable bonds is 2. The number of morpholine rings is 1. The summed E-state index contributed by atoms with van der Waals surface area (Å²) in [6, 6.07) is 2.02. The van der Waals surface area contributed by atoms with Gasteiger partial charge < -0.3 is 12.7 Å². The molecule has 0 atom stereocenters. The molecular formula is C9H10BrIN2O2. The largest absolute Gasteiger partial charge is 0.406 e. The van der Waals surface area contributed by atoms with Crippen molar-refractivity contribution < 1.29 is 7.80 Å². The third kappa shape index (κ3) is 2.73. The molecule has 0 saturated carbocycles. The molecule has 1 aromatic heterocycles. The first-order chi connectivity index (χ1) is 7.31. The summed E-state index contributed by atoms with van der Waals surface area (Å²) in [4.78, 5) is 6.43. The van der Waals surface area contributed by atoms with E-state index in [0.717, 1.165) is 36.5 Å². The van der Waals surface area contributed by atoms with Crippen molar-refractivity contribution in [2.75, 3.05) is 31.2 Å². The van der Waals surface area contributed by atoms with Crippen molar-refractivity contribution in [1.82, 2.24) is 4.98 Å². The van der Waals surface area contributed by atoms with Gasteiger partial charge in [0.2, 0.25) is 5.88 Å². The van der Waals surface area contributed by atoms with E-state index in [1.165, 1.54) is 0 Å². The van der Waals surface area contributed by atoms with E-state index in [1.54, 1.807) is 6.20 Å². The van der Waals surface area contributed by atoms with E-state index in [1.807, 2.05) is 29.1 Å². The SMILES string of the molecule is Brc1cnc(OI)c(N2CCOCC2)c1. The zero-order chi connectivity index (χ0) is 10.7. The van der Waals surface area contributed by atoms with E-state index in [0.29, 0.717) is 5.88 Å². The molecule has 6 heteroatoms. The molecule has 4 nitrogen and oxygen atoms in total. The van der Waals surface area contributed by atoms with Crippen LogP contribution in [0.5, 0.6) is 5.88 Å². The van der Waals surface area contributed by atoms with Crippen LogP contribution >= 0.6 is 38.9 Å². The van der Waals surface area contributed by atoms with Crippen LogP contribution < -0.4 is 7.97 Å². The highest BCUT2D eigenvalue weighted by Gasteiger charge is 2.16. The first kappa shape index (κ1) is 11.4. The maximum atomic E-state index is 5.31. The lowest BCUT2D eigenvalue weighted by Crippen LogP contribution is -2.36. The van der Waals surface area contributed by atoms with Crippen molar-refractivity contribution in [3.05, 3.63) is 16.7 Å². The van der Waals surface area contributed by atoms with Crippen LogP contribution in [0.15, 0.2) is 16.7 Å². The van der Waals surface area contributed by atoms with Gasteiger partial charge in [0.25, 0.3) is 0 Å². The topological polar surface area (TPSA) is 34.6 Å². The summed E-state index contributed by atoms with van der Waals surface area (Å²) >= 11 is 5.26. The van der Waals surface area contributed by atoms with E-state index < -0.39 is 0 Å². The Bertz CT molecular complexity index is 345. The average molecular weight is 385 g/mol. The maximum Gasteiger partial charge on any atom is 0.248 e. The van der Waals surface area contributed by atoms with Crippen LogP contribution in [0.3, 0.4) is 0 Å². The molecule has 0 bridgehead atoms. The first-order valence-electron chi connectivity index (χ1n) is 4.58. The van der Waals surface area contributed by atoms with Gasteiger partial charge in [-0.15, -0.1) is 0 Å². The predicted octanol–water partition coefficient (Wildman–Crippen LogP) is 2.41. The number of anilines is 1. The summed E-state index contributed by atoms with van der Waals surface area (Å²) in [6.45, 7) is 3.27. The van der Waals surface area contributed by atoms with Gasteiger partial charge in [0.05, 0.1) is 13.2 Å². The normalized spacial score (nSPS) is 16.5. The number of hydrogen-bond donors (Lipinski definition) is 0. The molecule has 0 aromatic carbocycles. The van der Waals surface area contributed by atoms with Gasteiger partial charge in [0, 0.05) is 23.8 Å². The second-order valence-corrected chi connectivity index (χ2v) is 4.51. The second kappa shape index (κ2) is 5.31. The highest BCUT2D eigenvalue weighted by Crippen LogP contribution is 2.30. The molecule has 2 heterocycles. The van der Waals surface area contributed by atoms with E-state index >= 15 is 0 Å². The van der Waals surface area contributed by atoms with Crippen LogP contribution in [-0.2, 0) is 4.74 Å². The van der Waals surface area contributed by atoms with Crippen molar-refractivity contribution in [3.63, 3.8) is 0 Å². The molecular weight excluding hydrogens is 375 g/mol. The smallest absolute Gasteiger partial charge is 0.248 e. The monoisotopic (exact) mass is 384 g/mol. The van der Waals surface area contributed by atoms with Crippen LogP contribution in [0, 0.1) is 0 Å². The van der Waals surface area contributed by atoms with E-state index in [4.69, 9.17) is 7.80 Å². The van der Waals surface area contributed by atoms with Crippen molar-refractivity contribution in [2.24, 2.45) is 0 Å². The quantitative estimate of drug-likeness (QED) is 0.733. The number of pyridine rings is 1. The van der Waals surface area contributed by atoms with Crippen LogP contribution in [0.4, 0.5) is 5.69 Å². The Hall–Kier alpha value is -0.0800. The molecule has 0 aliphatic carbocycles. The van der Waals surface area contributed by atoms with Gasteiger partial charge in [-0.1, -0.05) is 0 Å². The summed E-state index contributed by atoms with van der Waals surface area (Å²) in [5, 5.41) is 0. The number of halogens is 2. The third-order valence-corrected chi connectivity index (χ3v) is 3.07. The van der Waals surface area contributed by atoms with Crippen molar-refractivity contribution in [3.8, 4) is 5.88 Å². The fraction of sp³-hybridized carbons (Fsp3) is 0.444. The van der Waals surface area contributed by atoms with Crippen LogP contribution in [0.2, 0.25) is 0 Å². The van der Waals surface area contributed by atoms with E-state index in [9.17, 15) is 0 Å². The zero-order valence-corrected chi connectivity index (χ0v) is 11.7. The molecule has 1 fully saturated rings. The molecule has 0 unspecified atom stereocenters. The molecule has 0 amide bonds. The van der Waals surface area contributed by atoms with Gasteiger partial charge in [-0.2, -0.15) is 0 Å². The van der Waals surface area contributed by atoms with Gasteiger partial charge in [-0.25, -0.2) is 4.98 Å². The minimum atomic E-state index is 0.653. The molecule has 1 aromatic rings. The molecule has 2 rings (SSSR count). The fourth-order valence-electron chi connectivity index (χ4n) is 1.51. The van der Waals surface area contributed by atoms with Crippen molar-refractivity contribution >= 4 is 44.6 Å². The van der Waals surface area contributed by atoms with Crippen LogP contribution in [0.25, 0.3) is 0 Å². The van der Waals surface area contributed by atoms with Gasteiger partial charge in [0.1, 0.15) is 5.69 Å². The number of ether oxygens (including phenoxy) is 1. The number of hydrogen-bond acceptors (Lipinski definition) is 4. The van der Waals surface area contributed by atoms with E-state index in [2.05, 4.69) is 25.8 Å². The van der Waals surface area contributed by atoms with Crippen LogP contribution in [-0.4, -0.2) is 31.3 Å². The zero-order valence-electron chi connectivity index (χ0n) is 7.95. The summed E-state index contributed by atoms with van der Waals surface area (Å²) in [7, 11) is 0. The fourth-order valence-corrected chi connectivity index (χ4v) is 2.16. The first-order valence-corrected chi connectivity index (χ1v) is 6.25. The average Bonchev–Trinajstić information content (AvgIpc) is 2.30. The molecule has 0 N–H and O–H groups in total. The Morgan fingerprint density at radius 2 is 2.20 bits per heavy atom. The molecule has 82 valence electrons. The summed E-state index contributed by atoms with van der Waals surface area (Å²) < 4.78 is 11.5.